The van der Waals surface area contributed by atoms with Gasteiger partial charge in [0.1, 0.15) is 5.69 Å². The van der Waals surface area contributed by atoms with E-state index >= 15 is 0 Å². The number of hydrogen-bond acceptors (Lipinski definition) is 6. The van der Waals surface area contributed by atoms with Crippen LogP contribution in [0.25, 0.3) is 0 Å². The maximum atomic E-state index is 10.9. The second kappa shape index (κ2) is 5.66. The normalized spacial score (nSPS) is 10.4. The predicted octanol–water partition coefficient (Wildman–Crippen LogP) is 2.59. The monoisotopic (exact) mass is 282 g/mol. The fourth-order valence-electron chi connectivity index (χ4n) is 1.58. The van der Waals surface area contributed by atoms with Gasteiger partial charge in [0.2, 0.25) is 5.89 Å². The molecule has 1 heterocycles. The van der Waals surface area contributed by atoms with Crippen LogP contribution in [-0.4, -0.2) is 21.6 Å². The van der Waals surface area contributed by atoms with Crippen molar-refractivity contribution in [2.24, 2.45) is 0 Å². The molecule has 2 aromatic rings. The Hall–Kier alpha value is -2.15. The highest BCUT2D eigenvalue weighted by atomic mass is 35.5. The van der Waals surface area contributed by atoms with E-state index in [-0.39, 0.29) is 5.69 Å². The summed E-state index contributed by atoms with van der Waals surface area (Å²) in [6.45, 7) is 2.12. The molecule has 0 saturated carbocycles. The third-order valence-corrected chi connectivity index (χ3v) is 2.72. The summed E-state index contributed by atoms with van der Waals surface area (Å²) in [6, 6.07) is 4.52. The number of anilines is 1. The fourth-order valence-corrected chi connectivity index (χ4v) is 1.82. The first kappa shape index (κ1) is 13.3. The molecule has 0 radical (unpaired) electrons. The van der Waals surface area contributed by atoms with Crippen LogP contribution in [0.4, 0.5) is 11.4 Å². The number of hydrogen-bond donors (Lipinski definition) is 1. The van der Waals surface area contributed by atoms with Crippen molar-refractivity contribution in [1.82, 2.24) is 10.1 Å². The van der Waals surface area contributed by atoms with Crippen molar-refractivity contribution in [3.8, 4) is 0 Å². The quantitative estimate of drug-likeness (QED) is 0.669. The molecular weight excluding hydrogens is 272 g/mol. The van der Waals surface area contributed by atoms with Crippen LogP contribution in [0.1, 0.15) is 11.7 Å². The fraction of sp³-hybridized carbons (Fsp3) is 0.273. The number of aryl methyl sites for hydroxylation is 1. The highest BCUT2D eigenvalue weighted by Crippen LogP contribution is 2.31. The maximum absolute atomic E-state index is 10.9. The summed E-state index contributed by atoms with van der Waals surface area (Å²) in [5.74, 6) is 1.03. The van der Waals surface area contributed by atoms with Crippen LogP contribution in [0.15, 0.2) is 22.7 Å². The van der Waals surface area contributed by atoms with E-state index in [1.807, 2.05) is 0 Å². The topological polar surface area (TPSA) is 94.1 Å². The number of nitrogens with zero attached hydrogens (tertiary/aromatic N) is 3. The minimum absolute atomic E-state index is 0.0585. The van der Waals surface area contributed by atoms with E-state index in [1.165, 1.54) is 12.1 Å². The van der Waals surface area contributed by atoms with Gasteiger partial charge in [-0.1, -0.05) is 22.8 Å². The number of benzene rings is 1. The van der Waals surface area contributed by atoms with Gasteiger partial charge in [0.15, 0.2) is 5.82 Å². The molecular formula is C11H11ClN4O3. The molecule has 0 atom stereocenters. The Morgan fingerprint density at radius 3 is 2.95 bits per heavy atom. The Morgan fingerprint density at radius 2 is 2.32 bits per heavy atom. The van der Waals surface area contributed by atoms with Gasteiger partial charge in [-0.15, -0.1) is 0 Å². The lowest BCUT2D eigenvalue weighted by Gasteiger charge is -2.07. The van der Waals surface area contributed by atoms with Crippen molar-refractivity contribution in [1.29, 1.82) is 0 Å². The Balaban J connectivity index is 2.05. The molecule has 1 aromatic carbocycles. The maximum Gasteiger partial charge on any atom is 0.293 e. The average Bonchev–Trinajstić information content (AvgIpc) is 2.77. The molecule has 0 bridgehead atoms. The van der Waals surface area contributed by atoms with Crippen LogP contribution in [-0.2, 0) is 6.42 Å². The van der Waals surface area contributed by atoms with Crippen molar-refractivity contribution in [3.05, 3.63) is 45.1 Å². The summed E-state index contributed by atoms with van der Waals surface area (Å²) >= 11 is 5.94. The van der Waals surface area contributed by atoms with Crippen molar-refractivity contribution in [3.63, 3.8) is 0 Å². The Labute approximate surface area is 113 Å². The Morgan fingerprint density at radius 1 is 1.53 bits per heavy atom. The van der Waals surface area contributed by atoms with Crippen molar-refractivity contribution >= 4 is 23.0 Å². The van der Waals surface area contributed by atoms with Gasteiger partial charge in [-0.25, -0.2) is 0 Å². The molecule has 8 heteroatoms. The van der Waals surface area contributed by atoms with Gasteiger partial charge < -0.3 is 9.84 Å². The summed E-state index contributed by atoms with van der Waals surface area (Å²) in [5, 5.41) is 17.8. The van der Waals surface area contributed by atoms with Crippen molar-refractivity contribution in [2.45, 2.75) is 13.3 Å². The smallest absolute Gasteiger partial charge is 0.293 e. The molecule has 1 aromatic heterocycles. The number of halogens is 1. The first-order valence-electron chi connectivity index (χ1n) is 5.54. The van der Waals surface area contributed by atoms with Crippen molar-refractivity contribution < 1.29 is 9.45 Å². The van der Waals surface area contributed by atoms with Gasteiger partial charge in [0.25, 0.3) is 5.69 Å². The summed E-state index contributed by atoms with van der Waals surface area (Å²) in [7, 11) is 0. The van der Waals surface area contributed by atoms with E-state index in [2.05, 4.69) is 15.5 Å². The van der Waals surface area contributed by atoms with E-state index in [9.17, 15) is 10.1 Å². The molecule has 2 rings (SSSR count). The zero-order valence-corrected chi connectivity index (χ0v) is 10.8. The molecule has 0 aliphatic heterocycles. The minimum atomic E-state index is -0.479. The standard InChI is InChI=1S/C11H11ClN4O3/c1-7-14-10(15-19-7)5-6-13-11-8(12)3-2-4-9(11)16(17)18/h2-4,13H,5-6H2,1H3. The van der Waals surface area contributed by atoms with Crippen LogP contribution >= 0.6 is 11.6 Å². The second-order valence-corrected chi connectivity index (χ2v) is 4.20. The first-order valence-corrected chi connectivity index (χ1v) is 5.91. The van der Waals surface area contributed by atoms with Crippen molar-refractivity contribution in [2.75, 3.05) is 11.9 Å². The van der Waals surface area contributed by atoms with Gasteiger partial charge in [-0.05, 0) is 6.07 Å². The largest absolute Gasteiger partial charge is 0.378 e. The van der Waals surface area contributed by atoms with E-state index in [1.54, 1.807) is 13.0 Å². The third kappa shape index (κ3) is 3.19. The lowest BCUT2D eigenvalue weighted by molar-refractivity contribution is -0.383. The highest BCUT2D eigenvalue weighted by molar-refractivity contribution is 6.33. The SMILES string of the molecule is Cc1nc(CCNc2c(Cl)cccc2[N+](=O)[O-])no1. The van der Waals surface area contributed by atoms with Crippen LogP contribution in [0.3, 0.4) is 0 Å². The predicted molar refractivity (Wildman–Crippen MR) is 69.3 cm³/mol. The molecule has 0 spiro atoms. The van der Waals surface area contributed by atoms with Crippen LogP contribution in [0.2, 0.25) is 5.02 Å². The van der Waals surface area contributed by atoms with E-state index in [4.69, 9.17) is 16.1 Å². The zero-order valence-electron chi connectivity index (χ0n) is 10.1. The summed E-state index contributed by atoms with van der Waals surface area (Å²) in [5.41, 5.74) is 0.242. The molecule has 0 aliphatic rings. The molecule has 0 fully saturated rings. The van der Waals surface area contributed by atoms with Gasteiger partial charge in [-0.3, -0.25) is 10.1 Å². The molecule has 1 N–H and O–H groups in total. The molecule has 7 nitrogen and oxygen atoms in total. The van der Waals surface area contributed by atoms with Gasteiger partial charge in [0, 0.05) is 26.0 Å². The molecule has 100 valence electrons. The van der Waals surface area contributed by atoms with Crippen LogP contribution < -0.4 is 5.32 Å². The van der Waals surface area contributed by atoms with Gasteiger partial charge in [-0.2, -0.15) is 4.98 Å². The Bertz CT molecular complexity index is 599. The lowest BCUT2D eigenvalue weighted by atomic mass is 10.2. The van der Waals surface area contributed by atoms with Gasteiger partial charge >= 0.3 is 0 Å². The van der Waals surface area contributed by atoms with Crippen LogP contribution in [0.5, 0.6) is 0 Å². The summed E-state index contributed by atoms with van der Waals surface area (Å²) in [4.78, 5) is 14.4. The molecule has 0 unspecified atom stereocenters. The molecule has 0 amide bonds. The number of para-hydroxylation sites is 1. The third-order valence-electron chi connectivity index (χ3n) is 2.41. The molecule has 19 heavy (non-hydrogen) atoms. The second-order valence-electron chi connectivity index (χ2n) is 3.80. The highest BCUT2D eigenvalue weighted by Gasteiger charge is 2.16. The number of aromatic nitrogens is 2. The number of rotatable bonds is 5. The average molecular weight is 283 g/mol. The minimum Gasteiger partial charge on any atom is -0.378 e. The zero-order chi connectivity index (χ0) is 13.8. The van der Waals surface area contributed by atoms with E-state index in [0.29, 0.717) is 35.4 Å². The molecule has 0 saturated heterocycles. The van der Waals surface area contributed by atoms with Gasteiger partial charge in [0.05, 0.1) is 9.95 Å². The molecule has 0 aliphatic carbocycles. The lowest BCUT2D eigenvalue weighted by Crippen LogP contribution is -2.08. The number of nitro benzene ring substituents is 1. The first-order chi connectivity index (χ1) is 9.08. The Kier molecular flexibility index (Phi) is 3.96. The van der Waals surface area contributed by atoms with E-state index < -0.39 is 4.92 Å². The summed E-state index contributed by atoms with van der Waals surface area (Å²) in [6.07, 6.45) is 0.486. The number of nitro groups is 1. The van der Waals surface area contributed by atoms with Crippen LogP contribution in [0, 0.1) is 17.0 Å². The number of nitrogens with one attached hydrogen (secondary N) is 1. The summed E-state index contributed by atoms with van der Waals surface area (Å²) < 4.78 is 4.83. The van der Waals surface area contributed by atoms with E-state index in [0.717, 1.165) is 0 Å².